The van der Waals surface area contributed by atoms with E-state index in [1.165, 1.54) is 12.1 Å². The normalized spacial score (nSPS) is 14.5. The molecule has 1 aliphatic heterocycles. The van der Waals surface area contributed by atoms with Crippen molar-refractivity contribution in [2.45, 2.75) is 58.7 Å². The molecule has 1 aromatic carbocycles. The number of nitrogens with zero attached hydrogens (tertiary/aromatic N) is 4. The number of hydrogen-bond donors (Lipinski definition) is 1. The zero-order valence-electron chi connectivity index (χ0n) is 20.4. The molecule has 0 radical (unpaired) electrons. The third-order valence-electron chi connectivity index (χ3n) is 5.84. The third-order valence-corrected chi connectivity index (χ3v) is 5.84. The molecule has 184 valence electrons. The van der Waals surface area contributed by atoms with Crippen LogP contribution in [0.1, 0.15) is 56.1 Å². The van der Waals surface area contributed by atoms with E-state index in [9.17, 15) is 14.0 Å². The SMILES string of the molecule is CCCNC(=O)c1ccc(-c2cnc(CN(C)C3CCN(C(=O)OC(C)C)CC3)cn2)cc1F. The number of rotatable bonds is 8. The molecular weight excluding hydrogens is 437 g/mol. The van der Waals surface area contributed by atoms with Crippen LogP contribution in [0.25, 0.3) is 11.3 Å². The number of likely N-dealkylation sites (tertiary alicyclic amines) is 1. The van der Waals surface area contributed by atoms with E-state index in [4.69, 9.17) is 4.74 Å². The monoisotopic (exact) mass is 471 g/mol. The van der Waals surface area contributed by atoms with Gasteiger partial charge in [0.05, 0.1) is 35.4 Å². The Hall–Kier alpha value is -3.07. The molecule has 2 heterocycles. The summed E-state index contributed by atoms with van der Waals surface area (Å²) < 4.78 is 19.7. The summed E-state index contributed by atoms with van der Waals surface area (Å²) in [6.07, 6.45) is 5.48. The molecule has 8 nitrogen and oxygen atoms in total. The average molecular weight is 472 g/mol. The number of carbonyl (C=O) groups excluding carboxylic acids is 2. The van der Waals surface area contributed by atoms with E-state index in [0.29, 0.717) is 43.5 Å². The highest BCUT2D eigenvalue weighted by Gasteiger charge is 2.26. The second-order valence-corrected chi connectivity index (χ2v) is 8.91. The summed E-state index contributed by atoms with van der Waals surface area (Å²) in [5, 5.41) is 2.68. The molecule has 0 saturated carbocycles. The lowest BCUT2D eigenvalue weighted by Gasteiger charge is -2.36. The minimum Gasteiger partial charge on any atom is -0.447 e. The summed E-state index contributed by atoms with van der Waals surface area (Å²) >= 11 is 0. The molecule has 3 rings (SSSR count). The Morgan fingerprint density at radius 1 is 1.24 bits per heavy atom. The van der Waals surface area contributed by atoms with Crippen molar-refractivity contribution in [3.05, 3.63) is 47.7 Å². The van der Waals surface area contributed by atoms with E-state index in [1.807, 2.05) is 27.8 Å². The van der Waals surface area contributed by atoms with Crippen LogP contribution in [0.5, 0.6) is 0 Å². The number of carbonyl (C=O) groups is 2. The predicted molar refractivity (Wildman–Crippen MR) is 128 cm³/mol. The Morgan fingerprint density at radius 3 is 2.56 bits per heavy atom. The highest BCUT2D eigenvalue weighted by atomic mass is 19.1. The van der Waals surface area contributed by atoms with Gasteiger partial charge in [-0.15, -0.1) is 0 Å². The predicted octanol–water partition coefficient (Wildman–Crippen LogP) is 3.86. The number of ether oxygens (including phenoxy) is 1. The summed E-state index contributed by atoms with van der Waals surface area (Å²) in [6.45, 7) is 8.11. The first kappa shape index (κ1) is 25.6. The fraction of sp³-hybridized carbons (Fsp3) is 0.520. The number of amides is 2. The molecule has 2 aromatic rings. The quantitative estimate of drug-likeness (QED) is 0.629. The number of piperidine rings is 1. The van der Waals surface area contributed by atoms with Gasteiger partial charge in [0.25, 0.3) is 5.91 Å². The topological polar surface area (TPSA) is 87.7 Å². The van der Waals surface area contributed by atoms with Crippen LogP contribution >= 0.6 is 0 Å². The van der Waals surface area contributed by atoms with E-state index in [1.54, 1.807) is 23.4 Å². The van der Waals surface area contributed by atoms with Gasteiger partial charge in [-0.25, -0.2) is 9.18 Å². The van der Waals surface area contributed by atoms with E-state index in [-0.39, 0.29) is 17.8 Å². The molecule has 34 heavy (non-hydrogen) atoms. The van der Waals surface area contributed by atoms with Gasteiger partial charge >= 0.3 is 6.09 Å². The standard InChI is InChI=1S/C25H34FN5O3/c1-5-10-27-24(32)21-7-6-18(13-22(21)26)23-15-28-19(14-29-23)16-30(4)20-8-11-31(12-9-20)25(33)34-17(2)3/h6-7,13-15,17,20H,5,8-12,16H2,1-4H3,(H,27,32). The van der Waals surface area contributed by atoms with Gasteiger partial charge in [0.1, 0.15) is 5.82 Å². The third kappa shape index (κ3) is 6.72. The lowest BCUT2D eigenvalue weighted by atomic mass is 10.0. The minimum absolute atomic E-state index is 0.0203. The van der Waals surface area contributed by atoms with Gasteiger partial charge in [0, 0.05) is 37.8 Å². The van der Waals surface area contributed by atoms with Gasteiger partial charge in [0.15, 0.2) is 0 Å². The van der Waals surface area contributed by atoms with E-state index >= 15 is 0 Å². The van der Waals surface area contributed by atoms with Crippen LogP contribution in [0.2, 0.25) is 0 Å². The summed E-state index contributed by atoms with van der Waals surface area (Å²) in [5.41, 5.74) is 1.94. The Labute approximate surface area is 200 Å². The summed E-state index contributed by atoms with van der Waals surface area (Å²) in [5.74, 6) is -1.00. The molecule has 1 aromatic heterocycles. The smallest absolute Gasteiger partial charge is 0.410 e. The molecule has 1 N–H and O–H groups in total. The highest BCUT2D eigenvalue weighted by molar-refractivity contribution is 5.94. The summed E-state index contributed by atoms with van der Waals surface area (Å²) in [6, 6.07) is 4.81. The first-order valence-corrected chi connectivity index (χ1v) is 11.8. The molecule has 2 amide bonds. The van der Waals surface area contributed by atoms with E-state index < -0.39 is 11.7 Å². The fourth-order valence-corrected chi connectivity index (χ4v) is 3.93. The maximum Gasteiger partial charge on any atom is 0.410 e. The summed E-state index contributed by atoms with van der Waals surface area (Å²) in [4.78, 5) is 37.0. The lowest BCUT2D eigenvalue weighted by molar-refractivity contribution is 0.0575. The van der Waals surface area contributed by atoms with Crippen molar-refractivity contribution in [3.8, 4) is 11.3 Å². The first-order valence-electron chi connectivity index (χ1n) is 11.8. The Bertz CT molecular complexity index is 975. The highest BCUT2D eigenvalue weighted by Crippen LogP contribution is 2.21. The number of benzene rings is 1. The largest absolute Gasteiger partial charge is 0.447 e. The molecule has 1 fully saturated rings. The Balaban J connectivity index is 1.55. The van der Waals surface area contributed by atoms with E-state index in [2.05, 4.69) is 20.2 Å². The van der Waals surface area contributed by atoms with Crippen molar-refractivity contribution < 1.29 is 18.7 Å². The zero-order chi connectivity index (χ0) is 24.7. The number of halogens is 1. The van der Waals surface area contributed by atoms with Gasteiger partial charge in [-0.1, -0.05) is 13.0 Å². The zero-order valence-corrected chi connectivity index (χ0v) is 20.4. The Morgan fingerprint density at radius 2 is 1.97 bits per heavy atom. The summed E-state index contributed by atoms with van der Waals surface area (Å²) in [7, 11) is 2.04. The van der Waals surface area contributed by atoms with Crippen molar-refractivity contribution in [1.29, 1.82) is 0 Å². The van der Waals surface area contributed by atoms with Gasteiger partial charge < -0.3 is 15.0 Å². The number of hydrogen-bond acceptors (Lipinski definition) is 6. The second-order valence-electron chi connectivity index (χ2n) is 8.91. The van der Waals surface area contributed by atoms with Gasteiger partial charge in [-0.2, -0.15) is 0 Å². The van der Waals surface area contributed by atoms with Crippen molar-refractivity contribution >= 4 is 12.0 Å². The number of nitrogens with one attached hydrogen (secondary N) is 1. The van der Waals surface area contributed by atoms with Crippen molar-refractivity contribution in [3.63, 3.8) is 0 Å². The maximum atomic E-state index is 14.5. The molecule has 0 aliphatic carbocycles. The van der Waals surface area contributed by atoms with Crippen molar-refractivity contribution in [1.82, 2.24) is 25.1 Å². The molecule has 0 unspecified atom stereocenters. The van der Waals surface area contributed by atoms with Crippen molar-refractivity contribution in [2.75, 3.05) is 26.7 Å². The molecule has 0 spiro atoms. The fourth-order valence-electron chi connectivity index (χ4n) is 3.93. The molecule has 0 bridgehead atoms. The van der Waals surface area contributed by atoms with Crippen LogP contribution < -0.4 is 5.32 Å². The molecule has 0 atom stereocenters. The lowest BCUT2D eigenvalue weighted by Crippen LogP contribution is -2.46. The second kappa shape index (κ2) is 11.9. The molecular formula is C25H34FN5O3. The van der Waals surface area contributed by atoms with Crippen LogP contribution in [0, 0.1) is 5.82 Å². The van der Waals surface area contributed by atoms with E-state index in [0.717, 1.165) is 25.0 Å². The minimum atomic E-state index is -0.583. The number of aromatic nitrogens is 2. The molecule has 1 aliphatic rings. The molecule has 9 heteroatoms. The van der Waals surface area contributed by atoms with Crippen LogP contribution in [0.3, 0.4) is 0 Å². The van der Waals surface area contributed by atoms with Gasteiger partial charge in [0.2, 0.25) is 0 Å². The van der Waals surface area contributed by atoms with Crippen molar-refractivity contribution in [2.24, 2.45) is 0 Å². The average Bonchev–Trinajstić information content (AvgIpc) is 2.82. The Kier molecular flexibility index (Phi) is 8.92. The van der Waals surface area contributed by atoms with Crippen LogP contribution in [-0.2, 0) is 11.3 Å². The molecule has 1 saturated heterocycles. The van der Waals surface area contributed by atoms with Gasteiger partial charge in [-0.05, 0) is 52.3 Å². The maximum absolute atomic E-state index is 14.5. The van der Waals surface area contributed by atoms with Crippen LogP contribution in [-0.4, -0.2) is 70.6 Å². The van der Waals surface area contributed by atoms with Gasteiger partial charge in [-0.3, -0.25) is 19.7 Å². The van der Waals surface area contributed by atoms with Crippen LogP contribution in [0.4, 0.5) is 9.18 Å². The first-order chi connectivity index (χ1) is 16.3. The van der Waals surface area contributed by atoms with Crippen LogP contribution in [0.15, 0.2) is 30.6 Å².